The summed E-state index contributed by atoms with van der Waals surface area (Å²) in [6.45, 7) is 5.44. The van der Waals surface area contributed by atoms with Gasteiger partial charge in [-0.1, -0.05) is 44.2 Å². The van der Waals surface area contributed by atoms with Gasteiger partial charge in [-0.05, 0) is 35.8 Å². The third-order valence-electron chi connectivity index (χ3n) is 3.79. The maximum Gasteiger partial charge on any atom is -0.00406 e. The molecule has 0 spiro atoms. The number of hydrogen-bond donors (Lipinski definition) is 1. The molecule has 3 atom stereocenters. The number of hydrogen-bond acceptors (Lipinski definition) is 1. The molecule has 1 aromatic rings. The van der Waals surface area contributed by atoms with Gasteiger partial charge >= 0.3 is 0 Å². The lowest BCUT2D eigenvalue weighted by molar-refractivity contribution is 0.469. The quantitative estimate of drug-likeness (QED) is 0.777. The van der Waals surface area contributed by atoms with E-state index in [0.717, 1.165) is 12.5 Å². The molecule has 76 valence electrons. The Kier molecular flexibility index (Phi) is 2.36. The van der Waals surface area contributed by atoms with Crippen LogP contribution in [0.15, 0.2) is 30.3 Å². The van der Waals surface area contributed by atoms with E-state index in [9.17, 15) is 0 Å². The molecule has 1 aliphatic rings. The Bertz CT molecular complexity index is 306. The predicted molar refractivity (Wildman–Crippen MR) is 60.1 cm³/mol. The zero-order valence-corrected chi connectivity index (χ0v) is 9.03. The molecule has 0 aliphatic heterocycles. The fourth-order valence-electron chi connectivity index (χ4n) is 2.54. The van der Waals surface area contributed by atoms with Crippen molar-refractivity contribution in [2.75, 3.05) is 6.54 Å². The Morgan fingerprint density at radius 3 is 2.64 bits per heavy atom. The summed E-state index contributed by atoms with van der Waals surface area (Å²) in [5.41, 5.74) is 7.59. The average Bonchev–Trinajstić information content (AvgIpc) is 2.93. The van der Waals surface area contributed by atoms with Crippen molar-refractivity contribution in [3.63, 3.8) is 0 Å². The van der Waals surface area contributed by atoms with E-state index in [1.54, 1.807) is 0 Å². The zero-order chi connectivity index (χ0) is 10.2. The highest BCUT2D eigenvalue weighted by atomic mass is 14.6. The molecule has 14 heavy (non-hydrogen) atoms. The fourth-order valence-corrected chi connectivity index (χ4v) is 2.54. The monoisotopic (exact) mass is 189 g/mol. The van der Waals surface area contributed by atoms with Crippen LogP contribution in [0.2, 0.25) is 0 Å². The van der Waals surface area contributed by atoms with Gasteiger partial charge in [-0.25, -0.2) is 0 Å². The largest absolute Gasteiger partial charge is 0.330 e. The van der Waals surface area contributed by atoms with Crippen molar-refractivity contribution < 1.29 is 0 Å². The second kappa shape index (κ2) is 3.39. The van der Waals surface area contributed by atoms with Gasteiger partial charge in [0.2, 0.25) is 0 Å². The number of nitrogens with two attached hydrogens (primary N) is 1. The van der Waals surface area contributed by atoms with Gasteiger partial charge in [-0.15, -0.1) is 0 Å². The summed E-state index contributed by atoms with van der Waals surface area (Å²) in [6.07, 6.45) is 1.30. The van der Waals surface area contributed by atoms with E-state index in [1.165, 1.54) is 12.0 Å². The van der Waals surface area contributed by atoms with Gasteiger partial charge in [0, 0.05) is 0 Å². The first-order valence-electron chi connectivity index (χ1n) is 5.44. The molecule has 1 aliphatic carbocycles. The molecular weight excluding hydrogens is 170 g/mol. The lowest BCUT2D eigenvalue weighted by atomic mass is 9.91. The highest BCUT2D eigenvalue weighted by Gasteiger charge is 2.52. The van der Waals surface area contributed by atoms with Crippen LogP contribution in [0.1, 0.15) is 25.8 Å². The highest BCUT2D eigenvalue weighted by molar-refractivity contribution is 5.32. The van der Waals surface area contributed by atoms with Crippen LogP contribution in [0.25, 0.3) is 0 Å². The van der Waals surface area contributed by atoms with E-state index in [1.807, 2.05) is 0 Å². The Morgan fingerprint density at radius 2 is 2.07 bits per heavy atom. The molecular formula is C13H19N. The van der Waals surface area contributed by atoms with E-state index in [-0.39, 0.29) is 0 Å². The summed E-state index contributed by atoms with van der Waals surface area (Å²) >= 11 is 0. The maximum atomic E-state index is 5.71. The molecule has 1 aromatic carbocycles. The van der Waals surface area contributed by atoms with E-state index in [4.69, 9.17) is 5.73 Å². The topological polar surface area (TPSA) is 26.0 Å². The Labute approximate surface area is 86.3 Å². The van der Waals surface area contributed by atoms with Crippen molar-refractivity contribution in [1.29, 1.82) is 0 Å². The average molecular weight is 189 g/mol. The minimum absolute atomic E-state index is 0.403. The molecule has 3 unspecified atom stereocenters. The fraction of sp³-hybridized carbons (Fsp3) is 0.538. The van der Waals surface area contributed by atoms with Gasteiger partial charge in [-0.3, -0.25) is 0 Å². The molecule has 1 heteroatoms. The third-order valence-corrected chi connectivity index (χ3v) is 3.79. The van der Waals surface area contributed by atoms with Crippen LogP contribution in [0.3, 0.4) is 0 Å². The first-order chi connectivity index (χ1) is 6.68. The second-order valence-corrected chi connectivity index (χ2v) is 4.81. The van der Waals surface area contributed by atoms with Crippen molar-refractivity contribution >= 4 is 0 Å². The van der Waals surface area contributed by atoms with Crippen LogP contribution in [-0.4, -0.2) is 6.54 Å². The van der Waals surface area contributed by atoms with Crippen LogP contribution < -0.4 is 5.73 Å². The molecule has 0 saturated heterocycles. The van der Waals surface area contributed by atoms with Crippen LogP contribution >= 0.6 is 0 Å². The lowest BCUT2D eigenvalue weighted by Crippen LogP contribution is -2.17. The summed E-state index contributed by atoms with van der Waals surface area (Å²) in [4.78, 5) is 0. The highest BCUT2D eigenvalue weighted by Crippen LogP contribution is 2.57. The number of rotatable bonds is 3. The Morgan fingerprint density at radius 1 is 1.43 bits per heavy atom. The van der Waals surface area contributed by atoms with Crippen LogP contribution in [0, 0.1) is 11.8 Å². The summed E-state index contributed by atoms with van der Waals surface area (Å²) in [5, 5.41) is 0. The molecule has 0 heterocycles. The van der Waals surface area contributed by atoms with Gasteiger partial charge in [0.25, 0.3) is 0 Å². The van der Waals surface area contributed by atoms with Crippen LogP contribution in [0.4, 0.5) is 0 Å². The van der Waals surface area contributed by atoms with Crippen molar-refractivity contribution in [1.82, 2.24) is 0 Å². The smallest absolute Gasteiger partial charge is 0.00406 e. The molecule has 0 radical (unpaired) electrons. The van der Waals surface area contributed by atoms with Gasteiger partial charge in [-0.2, -0.15) is 0 Å². The molecule has 2 rings (SSSR count). The molecule has 1 fully saturated rings. The Balaban J connectivity index is 2.15. The molecule has 0 bridgehead atoms. The normalized spacial score (nSPS) is 32.6. The van der Waals surface area contributed by atoms with Crippen molar-refractivity contribution in [2.24, 2.45) is 17.6 Å². The first-order valence-corrected chi connectivity index (χ1v) is 5.44. The summed E-state index contributed by atoms with van der Waals surface area (Å²) in [7, 11) is 0. The Hall–Kier alpha value is -0.820. The molecule has 0 amide bonds. The van der Waals surface area contributed by atoms with Crippen LogP contribution in [-0.2, 0) is 5.41 Å². The lowest BCUT2D eigenvalue weighted by Gasteiger charge is -2.15. The third kappa shape index (κ3) is 1.46. The van der Waals surface area contributed by atoms with Gasteiger partial charge in [0.1, 0.15) is 0 Å². The zero-order valence-electron chi connectivity index (χ0n) is 9.03. The number of benzene rings is 1. The predicted octanol–water partition coefficient (Wildman–Crippen LogP) is 2.56. The maximum absolute atomic E-state index is 5.71. The summed E-state index contributed by atoms with van der Waals surface area (Å²) < 4.78 is 0. The minimum Gasteiger partial charge on any atom is -0.330 e. The van der Waals surface area contributed by atoms with Gasteiger partial charge in [0.05, 0.1) is 0 Å². The van der Waals surface area contributed by atoms with Crippen molar-refractivity contribution in [3.8, 4) is 0 Å². The van der Waals surface area contributed by atoms with Crippen molar-refractivity contribution in [2.45, 2.75) is 25.7 Å². The van der Waals surface area contributed by atoms with E-state index in [0.29, 0.717) is 11.3 Å². The van der Waals surface area contributed by atoms with E-state index < -0.39 is 0 Å². The first kappa shape index (κ1) is 9.72. The van der Waals surface area contributed by atoms with E-state index >= 15 is 0 Å². The minimum atomic E-state index is 0.403. The summed E-state index contributed by atoms with van der Waals surface area (Å²) in [6, 6.07) is 10.8. The molecule has 0 aromatic heterocycles. The van der Waals surface area contributed by atoms with Gasteiger partial charge < -0.3 is 5.73 Å². The second-order valence-electron chi connectivity index (χ2n) is 4.81. The van der Waals surface area contributed by atoms with Gasteiger partial charge in [0.15, 0.2) is 0 Å². The van der Waals surface area contributed by atoms with Crippen molar-refractivity contribution in [3.05, 3.63) is 35.9 Å². The SMILES string of the molecule is CC(CN)C1CC1(C)c1ccccc1. The summed E-state index contributed by atoms with van der Waals surface area (Å²) in [5.74, 6) is 1.44. The van der Waals surface area contributed by atoms with Crippen LogP contribution in [0.5, 0.6) is 0 Å². The molecule has 1 saturated carbocycles. The molecule has 1 nitrogen and oxygen atoms in total. The van der Waals surface area contributed by atoms with E-state index in [2.05, 4.69) is 44.2 Å². The standard InChI is InChI=1S/C13H19N/c1-10(9-14)12-8-13(12,2)11-6-4-3-5-7-11/h3-7,10,12H,8-9,14H2,1-2H3. The molecule has 2 N–H and O–H groups in total.